The Balaban J connectivity index is 1.57. The molecule has 0 radical (unpaired) electrons. The minimum atomic E-state index is -1.18. The highest BCUT2D eigenvalue weighted by atomic mass is 35.5. The van der Waals surface area contributed by atoms with E-state index in [0.717, 1.165) is 0 Å². The van der Waals surface area contributed by atoms with Crippen LogP contribution in [0.4, 0.5) is 0 Å². The van der Waals surface area contributed by atoms with E-state index in [4.69, 9.17) is 51.6 Å². The molecule has 0 unspecified atom stereocenters. The second-order valence-electron chi connectivity index (χ2n) is 7.29. The lowest BCUT2D eigenvalue weighted by Crippen LogP contribution is -2.12. The lowest BCUT2D eigenvalue weighted by Gasteiger charge is -2.09. The molecule has 8 nitrogen and oxygen atoms in total. The van der Waals surface area contributed by atoms with Crippen molar-refractivity contribution < 1.29 is 38.0 Å². The average Bonchev–Trinajstić information content (AvgIpc) is 3.37. The minimum Gasteiger partial charge on any atom is -0.497 e. The molecular weight excluding hydrogens is 475 g/mol. The SMILES string of the molecule is COc1cc(OC)cc(C(=O)OC[C@@H]2[C@@H](COC(=O)c3cc(OC)cc(OC)c3)C2(Cl)Cl)c1. The summed E-state index contributed by atoms with van der Waals surface area (Å²) in [6.07, 6.45) is 0. The summed E-state index contributed by atoms with van der Waals surface area (Å²) in [5.41, 5.74) is 0.521. The first kappa shape index (κ1) is 24.8. The van der Waals surface area contributed by atoms with Crippen LogP contribution in [0.1, 0.15) is 20.7 Å². The quantitative estimate of drug-likeness (QED) is 0.356. The van der Waals surface area contributed by atoms with Crippen molar-refractivity contribution in [1.29, 1.82) is 0 Å². The first-order valence-electron chi connectivity index (χ1n) is 9.91. The van der Waals surface area contributed by atoms with Gasteiger partial charge in [0.15, 0.2) is 0 Å². The van der Waals surface area contributed by atoms with E-state index >= 15 is 0 Å². The number of esters is 2. The maximum atomic E-state index is 12.5. The predicted octanol–water partition coefficient (Wildman–Crippen LogP) is 4.15. The Kier molecular flexibility index (Phi) is 7.81. The fraction of sp³-hybridized carbons (Fsp3) is 0.391. The van der Waals surface area contributed by atoms with Gasteiger partial charge in [0.25, 0.3) is 0 Å². The largest absolute Gasteiger partial charge is 0.497 e. The van der Waals surface area contributed by atoms with Gasteiger partial charge in [-0.25, -0.2) is 9.59 Å². The van der Waals surface area contributed by atoms with Crippen LogP contribution in [-0.2, 0) is 9.47 Å². The van der Waals surface area contributed by atoms with E-state index < -0.39 is 28.1 Å². The third-order valence-corrected chi connectivity index (χ3v) is 6.45. The zero-order valence-electron chi connectivity index (χ0n) is 18.6. The first-order chi connectivity index (χ1) is 15.7. The molecule has 178 valence electrons. The topological polar surface area (TPSA) is 89.5 Å². The summed E-state index contributed by atoms with van der Waals surface area (Å²) in [5.74, 6) is -0.141. The third-order valence-electron chi connectivity index (χ3n) is 5.33. The van der Waals surface area contributed by atoms with Crippen molar-refractivity contribution in [1.82, 2.24) is 0 Å². The van der Waals surface area contributed by atoms with Crippen LogP contribution in [-0.4, -0.2) is 57.9 Å². The Bertz CT molecular complexity index is 900. The van der Waals surface area contributed by atoms with Gasteiger partial charge in [-0.1, -0.05) is 0 Å². The Labute approximate surface area is 201 Å². The number of hydrogen-bond donors (Lipinski definition) is 0. The monoisotopic (exact) mass is 498 g/mol. The number of alkyl halides is 2. The number of ether oxygens (including phenoxy) is 6. The van der Waals surface area contributed by atoms with Crippen LogP contribution in [0.25, 0.3) is 0 Å². The van der Waals surface area contributed by atoms with Crippen molar-refractivity contribution in [3.63, 3.8) is 0 Å². The molecule has 1 saturated carbocycles. The molecule has 0 aliphatic heterocycles. The van der Waals surface area contributed by atoms with Gasteiger partial charge < -0.3 is 28.4 Å². The van der Waals surface area contributed by atoms with Gasteiger partial charge in [-0.2, -0.15) is 0 Å². The molecule has 0 bridgehead atoms. The maximum Gasteiger partial charge on any atom is 0.338 e. The number of benzene rings is 2. The number of halogens is 2. The van der Waals surface area contributed by atoms with E-state index in [1.54, 1.807) is 12.1 Å². The van der Waals surface area contributed by atoms with Gasteiger partial charge in [-0.3, -0.25) is 0 Å². The van der Waals surface area contributed by atoms with Gasteiger partial charge in [0.1, 0.15) is 27.3 Å². The van der Waals surface area contributed by atoms with Crippen molar-refractivity contribution in [3.05, 3.63) is 47.5 Å². The lowest BCUT2D eigenvalue weighted by molar-refractivity contribution is 0.0418. The van der Waals surface area contributed by atoms with Crippen LogP contribution >= 0.6 is 23.2 Å². The van der Waals surface area contributed by atoms with E-state index in [1.165, 1.54) is 52.7 Å². The highest BCUT2D eigenvalue weighted by molar-refractivity contribution is 6.51. The summed E-state index contributed by atoms with van der Waals surface area (Å²) in [6.45, 7) is -0.0822. The molecule has 0 saturated heterocycles. The standard InChI is InChI=1S/C23H24Cl2O8/c1-28-15-5-13(6-16(9-15)29-2)21(26)32-11-19-20(23(19,24)25)12-33-22(27)14-7-17(30-3)10-18(8-14)31-4/h5-10,19-20H,11-12H2,1-4H3/t19-,20-/m1/s1. The second kappa shape index (κ2) is 10.4. The molecule has 1 aliphatic rings. The van der Waals surface area contributed by atoms with Gasteiger partial charge in [0.2, 0.25) is 0 Å². The first-order valence-corrected chi connectivity index (χ1v) is 10.7. The Morgan fingerprint density at radius 3 is 1.24 bits per heavy atom. The lowest BCUT2D eigenvalue weighted by atomic mass is 10.2. The second-order valence-corrected chi connectivity index (χ2v) is 8.73. The number of methoxy groups -OCH3 is 4. The fourth-order valence-corrected chi connectivity index (χ4v) is 4.00. The molecule has 0 aromatic heterocycles. The molecule has 1 aliphatic carbocycles. The molecule has 1 fully saturated rings. The van der Waals surface area contributed by atoms with Crippen molar-refractivity contribution in [2.45, 2.75) is 4.33 Å². The Hall–Kier alpha value is -2.84. The van der Waals surface area contributed by atoms with Crippen LogP contribution in [0.5, 0.6) is 23.0 Å². The van der Waals surface area contributed by atoms with Crippen LogP contribution in [0.2, 0.25) is 0 Å². The van der Waals surface area contributed by atoms with Gasteiger partial charge in [0.05, 0.1) is 52.8 Å². The average molecular weight is 499 g/mol. The van der Waals surface area contributed by atoms with Crippen molar-refractivity contribution >= 4 is 35.1 Å². The zero-order chi connectivity index (χ0) is 24.2. The van der Waals surface area contributed by atoms with E-state index in [2.05, 4.69) is 0 Å². The smallest absolute Gasteiger partial charge is 0.338 e. The number of carbonyl (C=O) groups is 2. The van der Waals surface area contributed by atoms with Crippen LogP contribution in [0, 0.1) is 11.8 Å². The van der Waals surface area contributed by atoms with E-state index in [0.29, 0.717) is 23.0 Å². The van der Waals surface area contributed by atoms with Crippen molar-refractivity contribution in [2.75, 3.05) is 41.7 Å². The number of rotatable bonds is 10. The highest BCUT2D eigenvalue weighted by Gasteiger charge is 2.64. The number of carbonyl (C=O) groups excluding carboxylic acids is 2. The molecule has 10 heteroatoms. The van der Waals surface area contributed by atoms with Crippen LogP contribution < -0.4 is 18.9 Å². The molecule has 0 N–H and O–H groups in total. The molecule has 0 heterocycles. The van der Waals surface area contributed by atoms with Gasteiger partial charge >= 0.3 is 11.9 Å². The van der Waals surface area contributed by atoms with E-state index in [9.17, 15) is 9.59 Å². The van der Waals surface area contributed by atoms with Crippen LogP contribution in [0.3, 0.4) is 0 Å². The minimum absolute atomic E-state index is 0.0411. The maximum absolute atomic E-state index is 12.5. The summed E-state index contributed by atoms with van der Waals surface area (Å²) < 4.78 is 30.2. The van der Waals surface area contributed by atoms with Crippen molar-refractivity contribution in [2.24, 2.45) is 11.8 Å². The summed E-state index contributed by atoms with van der Waals surface area (Å²) in [4.78, 5) is 24.9. The molecule has 2 aromatic carbocycles. The molecule has 2 atom stereocenters. The van der Waals surface area contributed by atoms with E-state index in [1.807, 2.05) is 0 Å². The van der Waals surface area contributed by atoms with Gasteiger partial charge in [-0.05, 0) is 24.3 Å². The summed E-state index contributed by atoms with van der Waals surface area (Å²) >= 11 is 12.7. The Morgan fingerprint density at radius 2 is 0.970 bits per heavy atom. The van der Waals surface area contributed by atoms with Gasteiger partial charge in [0, 0.05) is 24.0 Å². The van der Waals surface area contributed by atoms with E-state index in [-0.39, 0.29) is 24.3 Å². The zero-order valence-corrected chi connectivity index (χ0v) is 20.1. The summed E-state index contributed by atoms with van der Waals surface area (Å²) in [5, 5.41) is 0. The highest BCUT2D eigenvalue weighted by Crippen LogP contribution is 2.59. The Morgan fingerprint density at radius 1 is 0.667 bits per heavy atom. The van der Waals surface area contributed by atoms with Crippen LogP contribution in [0.15, 0.2) is 36.4 Å². The summed E-state index contributed by atoms with van der Waals surface area (Å²) in [7, 11) is 5.93. The fourth-order valence-electron chi connectivity index (χ4n) is 3.26. The molecule has 33 heavy (non-hydrogen) atoms. The normalized spacial score (nSPS) is 18.1. The van der Waals surface area contributed by atoms with Gasteiger partial charge in [-0.15, -0.1) is 23.2 Å². The molecule has 0 amide bonds. The summed E-state index contributed by atoms with van der Waals surface area (Å²) in [6, 6.07) is 9.43. The predicted molar refractivity (Wildman–Crippen MR) is 121 cm³/mol. The molecule has 2 aromatic rings. The molecule has 0 spiro atoms. The number of hydrogen-bond acceptors (Lipinski definition) is 8. The molecule has 3 rings (SSSR count). The molecular formula is C23H24Cl2O8. The third kappa shape index (κ3) is 5.75. The van der Waals surface area contributed by atoms with Crippen molar-refractivity contribution in [3.8, 4) is 23.0 Å².